The number of nitrogens with zero attached hydrogens (tertiary/aromatic N) is 1. The summed E-state index contributed by atoms with van der Waals surface area (Å²) in [5, 5.41) is 6.18. The van der Waals surface area contributed by atoms with E-state index in [-0.39, 0.29) is 24.4 Å². The van der Waals surface area contributed by atoms with Crippen molar-refractivity contribution in [3.8, 4) is 5.75 Å². The van der Waals surface area contributed by atoms with E-state index in [1.165, 1.54) is 19.1 Å². The quantitative estimate of drug-likeness (QED) is 0.347. The highest BCUT2D eigenvalue weighted by atomic mass is 79.9. The molecule has 31 heavy (non-hydrogen) atoms. The first-order valence-electron chi connectivity index (χ1n) is 8.83. The maximum absolute atomic E-state index is 12.7. The molecule has 11 heteroatoms. The number of nitrogens with one attached hydrogen (secondary N) is 2. The summed E-state index contributed by atoms with van der Waals surface area (Å²) in [5.74, 6) is -0.623. The van der Waals surface area contributed by atoms with Gasteiger partial charge >= 0.3 is 6.18 Å². The molecule has 0 saturated heterocycles. The summed E-state index contributed by atoms with van der Waals surface area (Å²) in [5.41, 5.74) is 2.61. The lowest BCUT2D eigenvalue weighted by molar-refractivity contribution is -0.137. The van der Waals surface area contributed by atoms with E-state index in [4.69, 9.17) is 4.74 Å². The van der Waals surface area contributed by atoms with Crippen LogP contribution in [0.15, 0.2) is 50.4 Å². The molecule has 166 valence electrons. The Bertz CT molecular complexity index is 1010. The average Bonchev–Trinajstić information content (AvgIpc) is 2.67. The maximum Gasteiger partial charge on any atom is 0.416 e. The first-order valence-corrected chi connectivity index (χ1v) is 10.4. The molecule has 0 atom stereocenters. The van der Waals surface area contributed by atoms with Gasteiger partial charge in [-0.15, -0.1) is 0 Å². The van der Waals surface area contributed by atoms with Gasteiger partial charge < -0.3 is 10.1 Å². The lowest BCUT2D eigenvalue weighted by atomic mass is 10.2. The zero-order valence-corrected chi connectivity index (χ0v) is 19.6. The number of halogens is 5. The molecule has 0 aliphatic rings. The Kier molecular flexibility index (Phi) is 8.63. The molecule has 0 bridgehead atoms. The Morgan fingerprint density at radius 3 is 2.48 bits per heavy atom. The number of anilines is 1. The zero-order valence-electron chi connectivity index (χ0n) is 16.4. The fraction of sp³-hybridized carbons (Fsp3) is 0.250. The minimum atomic E-state index is -4.50. The van der Waals surface area contributed by atoms with Crippen LogP contribution in [-0.2, 0) is 15.8 Å². The molecule has 0 aliphatic carbocycles. The van der Waals surface area contributed by atoms with Gasteiger partial charge in [0.25, 0.3) is 5.91 Å². The van der Waals surface area contributed by atoms with Crippen molar-refractivity contribution in [2.24, 2.45) is 5.10 Å². The molecule has 0 radical (unpaired) electrons. The van der Waals surface area contributed by atoms with Crippen molar-refractivity contribution in [2.45, 2.75) is 26.4 Å². The van der Waals surface area contributed by atoms with Crippen LogP contribution >= 0.6 is 31.9 Å². The van der Waals surface area contributed by atoms with Crippen molar-refractivity contribution in [3.63, 3.8) is 0 Å². The Hall–Kier alpha value is -2.40. The lowest BCUT2D eigenvalue weighted by Gasteiger charge is -2.10. The van der Waals surface area contributed by atoms with Crippen molar-refractivity contribution in [3.05, 3.63) is 56.5 Å². The minimum Gasteiger partial charge on any atom is -0.483 e. The second-order valence-corrected chi connectivity index (χ2v) is 8.21. The number of ether oxygens (including phenoxy) is 1. The molecule has 2 aromatic rings. The van der Waals surface area contributed by atoms with Crippen molar-refractivity contribution in [2.75, 3.05) is 11.9 Å². The van der Waals surface area contributed by atoms with Gasteiger partial charge in [-0.3, -0.25) is 9.59 Å². The van der Waals surface area contributed by atoms with E-state index in [9.17, 15) is 22.8 Å². The third-order valence-corrected chi connectivity index (χ3v) is 5.31. The maximum atomic E-state index is 12.7. The largest absolute Gasteiger partial charge is 0.483 e. The van der Waals surface area contributed by atoms with Gasteiger partial charge in [-0.1, -0.05) is 22.0 Å². The van der Waals surface area contributed by atoms with Crippen LogP contribution in [0.2, 0.25) is 0 Å². The summed E-state index contributed by atoms with van der Waals surface area (Å²) >= 11 is 6.73. The van der Waals surface area contributed by atoms with E-state index in [0.717, 1.165) is 22.2 Å². The van der Waals surface area contributed by atoms with E-state index >= 15 is 0 Å². The van der Waals surface area contributed by atoms with Crippen LogP contribution in [0.4, 0.5) is 18.9 Å². The van der Waals surface area contributed by atoms with Crippen LogP contribution in [-0.4, -0.2) is 24.1 Å². The monoisotopic (exact) mass is 563 g/mol. The molecule has 0 fully saturated rings. The van der Waals surface area contributed by atoms with Gasteiger partial charge in [-0.2, -0.15) is 18.3 Å². The van der Waals surface area contributed by atoms with Crippen LogP contribution < -0.4 is 15.5 Å². The molecular weight excluding hydrogens is 547 g/mol. The fourth-order valence-corrected chi connectivity index (χ4v) is 3.43. The highest BCUT2D eigenvalue weighted by Gasteiger charge is 2.30. The number of aryl methyl sites for hydroxylation is 1. The van der Waals surface area contributed by atoms with Crippen molar-refractivity contribution >= 4 is 55.1 Å². The number of hydrazone groups is 1. The Morgan fingerprint density at radius 1 is 1.10 bits per heavy atom. The predicted octanol–water partition coefficient (Wildman–Crippen LogP) is 5.44. The van der Waals surface area contributed by atoms with Gasteiger partial charge in [0, 0.05) is 15.9 Å². The summed E-state index contributed by atoms with van der Waals surface area (Å²) < 4.78 is 45.2. The third-order valence-electron chi connectivity index (χ3n) is 3.83. The fourth-order valence-electron chi connectivity index (χ4n) is 2.33. The second kappa shape index (κ2) is 10.8. The molecular formula is C20H18Br2F3N3O3. The van der Waals surface area contributed by atoms with Gasteiger partial charge in [-0.25, -0.2) is 5.43 Å². The first kappa shape index (κ1) is 24.9. The van der Waals surface area contributed by atoms with E-state index in [0.29, 0.717) is 10.2 Å². The summed E-state index contributed by atoms with van der Waals surface area (Å²) in [7, 11) is 0. The number of amides is 2. The normalized spacial score (nSPS) is 11.8. The van der Waals surface area contributed by atoms with E-state index in [1.54, 1.807) is 12.1 Å². The first-order chi connectivity index (χ1) is 14.5. The number of benzene rings is 2. The molecule has 0 aromatic heterocycles. The predicted molar refractivity (Wildman–Crippen MR) is 118 cm³/mol. The van der Waals surface area contributed by atoms with E-state index in [1.807, 2.05) is 6.92 Å². The summed E-state index contributed by atoms with van der Waals surface area (Å²) in [6.07, 6.45) is -4.72. The SMILES string of the molecule is C/C(CC(=O)Nc1cccc(C(F)(F)F)c1)=N\NC(=O)COc1cc(C)c(Br)cc1Br. The molecule has 2 rings (SSSR count). The van der Waals surface area contributed by atoms with Crippen molar-refractivity contribution in [1.29, 1.82) is 0 Å². The van der Waals surface area contributed by atoms with Gasteiger partial charge in [0.15, 0.2) is 6.61 Å². The molecule has 2 aromatic carbocycles. The van der Waals surface area contributed by atoms with Crippen LogP contribution in [0, 0.1) is 6.92 Å². The third kappa shape index (κ3) is 7.98. The molecule has 0 aliphatic heterocycles. The zero-order chi connectivity index (χ0) is 23.2. The summed E-state index contributed by atoms with van der Waals surface area (Å²) in [6.45, 7) is 3.08. The molecule has 0 heterocycles. The van der Waals surface area contributed by atoms with Crippen LogP contribution in [0.25, 0.3) is 0 Å². The van der Waals surface area contributed by atoms with Gasteiger partial charge in [0.2, 0.25) is 5.91 Å². The van der Waals surface area contributed by atoms with Crippen molar-refractivity contribution in [1.82, 2.24) is 5.43 Å². The molecule has 2 N–H and O–H groups in total. The van der Waals surface area contributed by atoms with Gasteiger partial charge in [0.1, 0.15) is 5.75 Å². The highest BCUT2D eigenvalue weighted by molar-refractivity contribution is 9.11. The average molecular weight is 565 g/mol. The van der Waals surface area contributed by atoms with Gasteiger partial charge in [0.05, 0.1) is 16.5 Å². The Balaban J connectivity index is 1.85. The molecule has 0 spiro atoms. The minimum absolute atomic E-state index is 0.0143. The van der Waals surface area contributed by atoms with Gasteiger partial charge in [-0.05, 0) is 65.7 Å². The smallest absolute Gasteiger partial charge is 0.416 e. The molecule has 0 saturated carbocycles. The molecule has 2 amide bonds. The number of carbonyl (C=O) groups excluding carboxylic acids is 2. The number of hydrogen-bond acceptors (Lipinski definition) is 4. The highest BCUT2D eigenvalue weighted by Crippen LogP contribution is 2.31. The number of alkyl halides is 3. The number of hydrogen-bond donors (Lipinski definition) is 2. The lowest BCUT2D eigenvalue weighted by Crippen LogP contribution is -2.26. The van der Waals surface area contributed by atoms with E-state index < -0.39 is 23.6 Å². The van der Waals surface area contributed by atoms with Crippen LogP contribution in [0.1, 0.15) is 24.5 Å². The second-order valence-electron chi connectivity index (χ2n) is 6.51. The molecule has 0 unspecified atom stereocenters. The van der Waals surface area contributed by atoms with Crippen LogP contribution in [0.3, 0.4) is 0 Å². The summed E-state index contributed by atoms with van der Waals surface area (Å²) in [4.78, 5) is 23.9. The number of carbonyl (C=O) groups is 2. The molecule has 6 nitrogen and oxygen atoms in total. The topological polar surface area (TPSA) is 79.8 Å². The van der Waals surface area contributed by atoms with Crippen molar-refractivity contribution < 1.29 is 27.5 Å². The van der Waals surface area contributed by atoms with Crippen LogP contribution in [0.5, 0.6) is 5.75 Å². The Labute approximate surface area is 193 Å². The number of rotatable bonds is 7. The summed E-state index contributed by atoms with van der Waals surface area (Å²) in [6, 6.07) is 7.85. The standard InChI is InChI=1S/C20H18Br2F3N3O3/c1-11-6-17(16(22)9-15(11)21)31-10-19(30)28-27-12(2)7-18(29)26-14-5-3-4-13(8-14)20(23,24)25/h3-6,8-9H,7,10H2,1-2H3,(H,26,29)(H,28,30)/b27-12+. The Morgan fingerprint density at radius 2 is 1.81 bits per heavy atom. The van der Waals surface area contributed by atoms with E-state index in [2.05, 4.69) is 47.7 Å².